The predicted molar refractivity (Wildman–Crippen MR) is 73.9 cm³/mol. The maximum absolute atomic E-state index is 13.2. The van der Waals surface area contributed by atoms with Gasteiger partial charge in [-0.1, -0.05) is 0 Å². The molecule has 0 bridgehead atoms. The van der Waals surface area contributed by atoms with Crippen LogP contribution in [0.25, 0.3) is 0 Å². The van der Waals surface area contributed by atoms with E-state index in [4.69, 9.17) is 5.26 Å². The Labute approximate surface area is 123 Å². The lowest BCUT2D eigenvalue weighted by Gasteiger charge is -2.09. The highest BCUT2D eigenvalue weighted by Gasteiger charge is 2.17. The van der Waals surface area contributed by atoms with Crippen molar-refractivity contribution in [1.29, 1.82) is 5.26 Å². The van der Waals surface area contributed by atoms with Crippen molar-refractivity contribution in [2.75, 3.05) is 4.72 Å². The molecule has 8 heteroatoms. The number of rotatable bonds is 3. The Kier molecular flexibility index (Phi) is 4.01. The summed E-state index contributed by atoms with van der Waals surface area (Å²) in [6, 6.07) is 6.07. The average Bonchev–Trinajstić information content (AvgIpc) is 2.41. The number of benzene rings is 1. The van der Waals surface area contributed by atoms with E-state index in [1.54, 1.807) is 6.07 Å². The van der Waals surface area contributed by atoms with Gasteiger partial charge in [0.1, 0.15) is 11.9 Å². The summed E-state index contributed by atoms with van der Waals surface area (Å²) in [7, 11) is -3.91. The fourth-order valence-electron chi connectivity index (χ4n) is 1.42. The molecule has 1 aromatic heterocycles. The van der Waals surface area contributed by atoms with Gasteiger partial charge in [0.05, 0.1) is 20.6 Å². The minimum atomic E-state index is -3.91. The van der Waals surface area contributed by atoms with Crippen LogP contribution < -0.4 is 4.72 Å². The van der Waals surface area contributed by atoms with Crippen molar-refractivity contribution < 1.29 is 12.8 Å². The summed E-state index contributed by atoms with van der Waals surface area (Å²) in [6.07, 6.45) is 2.86. The van der Waals surface area contributed by atoms with E-state index in [0.29, 0.717) is 10.2 Å². The molecule has 0 saturated heterocycles. The van der Waals surface area contributed by atoms with Gasteiger partial charge in [-0.25, -0.2) is 12.8 Å². The van der Waals surface area contributed by atoms with Gasteiger partial charge in [0, 0.05) is 12.4 Å². The van der Waals surface area contributed by atoms with E-state index in [9.17, 15) is 12.8 Å². The van der Waals surface area contributed by atoms with Crippen molar-refractivity contribution in [3.05, 3.63) is 52.5 Å². The van der Waals surface area contributed by atoms with Gasteiger partial charge in [-0.3, -0.25) is 9.71 Å². The Morgan fingerprint density at radius 1 is 1.35 bits per heavy atom. The number of halogens is 2. The Balaban J connectivity index is 2.42. The highest BCUT2D eigenvalue weighted by Crippen LogP contribution is 2.24. The fraction of sp³-hybridized carbons (Fsp3) is 0. The number of nitrogens with zero attached hydrogens (tertiary/aromatic N) is 2. The monoisotopic (exact) mass is 355 g/mol. The molecule has 20 heavy (non-hydrogen) atoms. The molecule has 0 aliphatic heterocycles. The zero-order valence-corrected chi connectivity index (χ0v) is 12.2. The van der Waals surface area contributed by atoms with E-state index in [1.807, 2.05) is 0 Å². The quantitative estimate of drug-likeness (QED) is 0.917. The standard InChI is InChI=1S/C12H7BrFN3O2S/c13-10-7-16-4-3-12(10)17-20(18,19)9-1-2-11(14)8(5-9)6-15/h1-5,7H,(H,16,17). The average molecular weight is 356 g/mol. The Morgan fingerprint density at radius 3 is 2.75 bits per heavy atom. The largest absolute Gasteiger partial charge is 0.278 e. The predicted octanol–water partition coefficient (Wildman–Crippen LogP) is 2.66. The number of nitriles is 1. The second-order valence-corrected chi connectivity index (χ2v) is 6.25. The Bertz CT molecular complexity index is 803. The minimum absolute atomic E-state index is 0.195. The summed E-state index contributed by atoms with van der Waals surface area (Å²) < 4.78 is 40.3. The summed E-state index contributed by atoms with van der Waals surface area (Å²) >= 11 is 3.16. The van der Waals surface area contributed by atoms with Gasteiger partial charge in [0.15, 0.2) is 0 Å². The van der Waals surface area contributed by atoms with Gasteiger partial charge in [0.2, 0.25) is 0 Å². The summed E-state index contributed by atoms with van der Waals surface area (Å²) in [4.78, 5) is 3.62. The van der Waals surface area contributed by atoms with E-state index in [-0.39, 0.29) is 10.5 Å². The normalized spacial score (nSPS) is 10.8. The van der Waals surface area contributed by atoms with Crippen LogP contribution in [0.5, 0.6) is 0 Å². The lowest BCUT2D eigenvalue weighted by molar-refractivity contribution is 0.599. The zero-order chi connectivity index (χ0) is 14.8. The zero-order valence-electron chi connectivity index (χ0n) is 9.84. The SMILES string of the molecule is N#Cc1cc(S(=O)(=O)Nc2ccncc2Br)ccc1F. The topological polar surface area (TPSA) is 82.8 Å². The first kappa shape index (κ1) is 14.4. The number of anilines is 1. The summed E-state index contributed by atoms with van der Waals surface area (Å²) in [6.45, 7) is 0. The molecule has 0 fully saturated rings. The van der Waals surface area contributed by atoms with Crippen LogP contribution in [0.2, 0.25) is 0 Å². The van der Waals surface area contributed by atoms with Crippen molar-refractivity contribution in [1.82, 2.24) is 4.98 Å². The van der Waals surface area contributed by atoms with E-state index >= 15 is 0 Å². The second kappa shape index (κ2) is 5.56. The summed E-state index contributed by atoms with van der Waals surface area (Å²) in [5.74, 6) is -0.767. The molecule has 0 amide bonds. The smallest absolute Gasteiger partial charge is 0.261 e. The Morgan fingerprint density at radius 2 is 2.10 bits per heavy atom. The first-order chi connectivity index (χ1) is 9.44. The van der Waals surface area contributed by atoms with Gasteiger partial charge >= 0.3 is 0 Å². The third-order valence-electron chi connectivity index (χ3n) is 2.39. The third kappa shape index (κ3) is 2.95. The molecule has 0 spiro atoms. The molecule has 1 N–H and O–H groups in total. The van der Waals surface area contributed by atoms with Gasteiger partial charge in [-0.05, 0) is 40.2 Å². The van der Waals surface area contributed by atoms with Crippen LogP contribution in [-0.4, -0.2) is 13.4 Å². The summed E-state index contributed by atoms with van der Waals surface area (Å²) in [5.41, 5.74) is -0.0375. The van der Waals surface area contributed by atoms with Gasteiger partial charge in [0.25, 0.3) is 10.0 Å². The fourth-order valence-corrected chi connectivity index (χ4v) is 3.01. The van der Waals surface area contributed by atoms with E-state index in [0.717, 1.165) is 18.2 Å². The van der Waals surface area contributed by atoms with Crippen molar-refractivity contribution in [2.45, 2.75) is 4.90 Å². The van der Waals surface area contributed by atoms with Crippen LogP contribution in [0.4, 0.5) is 10.1 Å². The van der Waals surface area contributed by atoms with Crippen LogP contribution in [-0.2, 0) is 10.0 Å². The van der Waals surface area contributed by atoms with Gasteiger partial charge < -0.3 is 0 Å². The second-order valence-electron chi connectivity index (χ2n) is 3.71. The number of hydrogen-bond acceptors (Lipinski definition) is 4. The molecule has 0 atom stereocenters. The highest BCUT2D eigenvalue weighted by atomic mass is 79.9. The molecule has 2 rings (SSSR count). The number of nitrogens with one attached hydrogen (secondary N) is 1. The number of sulfonamides is 1. The molecular weight excluding hydrogens is 349 g/mol. The van der Waals surface area contributed by atoms with Crippen LogP contribution in [0.15, 0.2) is 46.0 Å². The van der Waals surface area contributed by atoms with Crippen molar-refractivity contribution in [2.24, 2.45) is 0 Å². The molecule has 0 saturated carbocycles. The van der Waals surface area contributed by atoms with Crippen LogP contribution >= 0.6 is 15.9 Å². The molecule has 0 aliphatic carbocycles. The molecule has 2 aromatic rings. The van der Waals surface area contributed by atoms with Gasteiger partial charge in [-0.2, -0.15) is 5.26 Å². The number of hydrogen-bond donors (Lipinski definition) is 1. The molecule has 0 radical (unpaired) electrons. The molecule has 0 unspecified atom stereocenters. The molecule has 1 aromatic carbocycles. The third-order valence-corrected chi connectivity index (χ3v) is 4.38. The maximum atomic E-state index is 13.2. The van der Waals surface area contributed by atoms with Crippen molar-refractivity contribution in [3.8, 4) is 6.07 Å². The van der Waals surface area contributed by atoms with Crippen molar-refractivity contribution >= 4 is 31.6 Å². The number of pyridine rings is 1. The lowest BCUT2D eigenvalue weighted by atomic mass is 10.2. The molecular formula is C12H7BrFN3O2S. The van der Waals surface area contributed by atoms with Crippen LogP contribution in [0.1, 0.15) is 5.56 Å². The van der Waals surface area contributed by atoms with Gasteiger partial charge in [-0.15, -0.1) is 0 Å². The first-order valence-electron chi connectivity index (χ1n) is 5.26. The van der Waals surface area contributed by atoms with E-state index in [2.05, 4.69) is 25.6 Å². The minimum Gasteiger partial charge on any atom is -0.278 e. The Hall–Kier alpha value is -1.98. The lowest BCUT2D eigenvalue weighted by Crippen LogP contribution is -2.13. The van der Waals surface area contributed by atoms with Crippen molar-refractivity contribution in [3.63, 3.8) is 0 Å². The summed E-state index contributed by atoms with van der Waals surface area (Å²) in [5, 5.41) is 8.72. The van der Waals surface area contributed by atoms with Crippen LogP contribution in [0.3, 0.4) is 0 Å². The van der Waals surface area contributed by atoms with E-state index < -0.39 is 15.8 Å². The highest BCUT2D eigenvalue weighted by molar-refractivity contribution is 9.10. The first-order valence-corrected chi connectivity index (χ1v) is 7.53. The maximum Gasteiger partial charge on any atom is 0.261 e. The van der Waals surface area contributed by atoms with E-state index in [1.165, 1.54) is 18.5 Å². The molecule has 102 valence electrons. The van der Waals surface area contributed by atoms with Crippen LogP contribution in [0, 0.1) is 17.1 Å². The molecule has 1 heterocycles. The molecule has 5 nitrogen and oxygen atoms in total. The molecule has 0 aliphatic rings. The number of aromatic nitrogens is 1.